The van der Waals surface area contributed by atoms with E-state index in [2.05, 4.69) is 10.6 Å². The molecule has 0 aromatic heterocycles. The molecule has 3 nitrogen and oxygen atoms in total. The number of nitrogens with one attached hydrogen (secondary N) is 2. The maximum Gasteiger partial charge on any atom is 0.222 e. The van der Waals surface area contributed by atoms with Crippen LogP contribution in [0.2, 0.25) is 0 Å². The summed E-state index contributed by atoms with van der Waals surface area (Å²) in [6.45, 7) is 0. The third kappa shape index (κ3) is 2.94. The summed E-state index contributed by atoms with van der Waals surface area (Å²) in [5, 5.41) is 6.46. The summed E-state index contributed by atoms with van der Waals surface area (Å²) < 4.78 is 0. The van der Waals surface area contributed by atoms with Crippen LogP contribution >= 0.6 is 0 Å². The van der Waals surface area contributed by atoms with Gasteiger partial charge < -0.3 is 10.6 Å². The number of hydrogen-bond donors (Lipinski definition) is 2. The van der Waals surface area contributed by atoms with E-state index >= 15 is 0 Å². The smallest absolute Gasteiger partial charge is 0.222 e. The highest BCUT2D eigenvalue weighted by molar-refractivity contribution is 5.77. The summed E-state index contributed by atoms with van der Waals surface area (Å²) in [4.78, 5) is 11.8. The van der Waals surface area contributed by atoms with Gasteiger partial charge in [0.25, 0.3) is 0 Å². The van der Waals surface area contributed by atoms with Gasteiger partial charge in [-0.25, -0.2) is 0 Å². The van der Waals surface area contributed by atoms with E-state index in [1.54, 1.807) is 0 Å². The van der Waals surface area contributed by atoms with Crippen molar-refractivity contribution in [3.05, 3.63) is 0 Å². The Bertz CT molecular complexity index is 230. The Hall–Kier alpha value is -0.570. The molecule has 0 aromatic rings. The molecule has 1 amide bonds. The van der Waals surface area contributed by atoms with E-state index in [1.807, 2.05) is 7.05 Å². The van der Waals surface area contributed by atoms with Gasteiger partial charge in [-0.05, 0) is 32.7 Å². The minimum absolute atomic E-state index is 0.0945. The van der Waals surface area contributed by atoms with Gasteiger partial charge >= 0.3 is 0 Å². The average molecular weight is 210 g/mol. The molecule has 0 saturated heterocycles. The van der Waals surface area contributed by atoms with Crippen LogP contribution in [0.1, 0.15) is 51.4 Å². The van der Waals surface area contributed by atoms with E-state index in [0.717, 1.165) is 12.8 Å². The van der Waals surface area contributed by atoms with Gasteiger partial charge in [-0.3, -0.25) is 4.79 Å². The van der Waals surface area contributed by atoms with Gasteiger partial charge in [0.15, 0.2) is 0 Å². The summed E-state index contributed by atoms with van der Waals surface area (Å²) in [6.07, 6.45) is 9.18. The Balaban J connectivity index is 1.84. The van der Waals surface area contributed by atoms with Crippen LogP contribution in [-0.4, -0.2) is 24.5 Å². The molecule has 3 heteroatoms. The zero-order valence-corrected chi connectivity index (χ0v) is 9.64. The SMILES string of the molecule is CNC1(CC(=O)NC2CC2)CCCCC1. The summed E-state index contributed by atoms with van der Waals surface area (Å²) in [6, 6.07) is 0.495. The average Bonchev–Trinajstić information content (AvgIpc) is 3.03. The summed E-state index contributed by atoms with van der Waals surface area (Å²) in [7, 11) is 2.00. The Kier molecular flexibility index (Phi) is 3.29. The maximum absolute atomic E-state index is 11.8. The molecule has 0 unspecified atom stereocenters. The van der Waals surface area contributed by atoms with Crippen LogP contribution in [0, 0.1) is 0 Å². The summed E-state index contributed by atoms with van der Waals surface area (Å²) in [5.74, 6) is 0.244. The number of carbonyl (C=O) groups excluding carboxylic acids is 1. The Morgan fingerprint density at radius 3 is 2.47 bits per heavy atom. The first-order chi connectivity index (χ1) is 7.24. The molecule has 2 aliphatic rings. The van der Waals surface area contributed by atoms with Crippen LogP contribution in [-0.2, 0) is 4.79 Å². The van der Waals surface area contributed by atoms with Crippen molar-refractivity contribution in [1.82, 2.24) is 10.6 Å². The van der Waals surface area contributed by atoms with Crippen LogP contribution in [0.3, 0.4) is 0 Å². The highest BCUT2D eigenvalue weighted by atomic mass is 16.1. The third-order valence-corrected chi connectivity index (χ3v) is 3.78. The highest BCUT2D eigenvalue weighted by Crippen LogP contribution is 2.31. The van der Waals surface area contributed by atoms with Gasteiger partial charge in [0.2, 0.25) is 5.91 Å². The molecular formula is C12H22N2O. The van der Waals surface area contributed by atoms with E-state index in [9.17, 15) is 4.79 Å². The second kappa shape index (κ2) is 4.52. The molecule has 0 aromatic carbocycles. The largest absolute Gasteiger partial charge is 0.353 e. The molecule has 0 radical (unpaired) electrons. The maximum atomic E-state index is 11.8. The lowest BCUT2D eigenvalue weighted by atomic mass is 9.79. The van der Waals surface area contributed by atoms with Crippen molar-refractivity contribution in [1.29, 1.82) is 0 Å². The predicted molar refractivity (Wildman–Crippen MR) is 60.7 cm³/mol. The number of hydrogen-bond acceptors (Lipinski definition) is 2. The van der Waals surface area contributed by atoms with Crippen molar-refractivity contribution in [2.75, 3.05) is 7.05 Å². The first kappa shape index (κ1) is 10.9. The first-order valence-corrected chi connectivity index (χ1v) is 6.22. The molecule has 0 bridgehead atoms. The fourth-order valence-corrected chi connectivity index (χ4v) is 2.56. The monoisotopic (exact) mass is 210 g/mol. The van der Waals surface area contributed by atoms with Gasteiger partial charge in [-0.2, -0.15) is 0 Å². The molecule has 2 aliphatic carbocycles. The molecule has 0 aliphatic heterocycles. The van der Waals surface area contributed by atoms with Crippen molar-refractivity contribution < 1.29 is 4.79 Å². The van der Waals surface area contributed by atoms with Gasteiger partial charge in [-0.1, -0.05) is 19.3 Å². The van der Waals surface area contributed by atoms with Gasteiger partial charge in [0, 0.05) is 18.0 Å². The lowest BCUT2D eigenvalue weighted by molar-refractivity contribution is -0.123. The predicted octanol–water partition coefficient (Wildman–Crippen LogP) is 1.58. The molecule has 2 N–H and O–H groups in total. The van der Waals surface area contributed by atoms with Crippen molar-refractivity contribution in [2.45, 2.75) is 62.9 Å². The Labute approximate surface area is 92.0 Å². The van der Waals surface area contributed by atoms with Crippen molar-refractivity contribution in [3.63, 3.8) is 0 Å². The standard InChI is InChI=1S/C12H22N2O/c1-13-12(7-3-2-4-8-12)9-11(15)14-10-5-6-10/h10,13H,2-9H2,1H3,(H,14,15). The first-order valence-electron chi connectivity index (χ1n) is 6.22. The molecule has 0 spiro atoms. The lowest BCUT2D eigenvalue weighted by Gasteiger charge is -2.36. The quantitative estimate of drug-likeness (QED) is 0.739. The van der Waals surface area contributed by atoms with Crippen LogP contribution in [0.4, 0.5) is 0 Å². The van der Waals surface area contributed by atoms with Crippen molar-refractivity contribution >= 4 is 5.91 Å². The van der Waals surface area contributed by atoms with Gasteiger partial charge in [0.05, 0.1) is 0 Å². The van der Waals surface area contributed by atoms with Crippen molar-refractivity contribution in [3.8, 4) is 0 Å². The highest BCUT2D eigenvalue weighted by Gasteiger charge is 2.34. The van der Waals surface area contributed by atoms with E-state index in [1.165, 1.54) is 32.1 Å². The molecular weight excluding hydrogens is 188 g/mol. The Morgan fingerprint density at radius 1 is 1.27 bits per heavy atom. The number of rotatable bonds is 4. The van der Waals surface area contributed by atoms with E-state index < -0.39 is 0 Å². The summed E-state index contributed by atoms with van der Waals surface area (Å²) >= 11 is 0. The van der Waals surface area contributed by atoms with Crippen LogP contribution < -0.4 is 10.6 Å². The minimum atomic E-state index is 0.0945. The fourth-order valence-electron chi connectivity index (χ4n) is 2.56. The molecule has 0 heterocycles. The molecule has 86 valence electrons. The lowest BCUT2D eigenvalue weighted by Crippen LogP contribution is -2.48. The van der Waals surface area contributed by atoms with E-state index in [4.69, 9.17) is 0 Å². The van der Waals surface area contributed by atoms with E-state index in [0.29, 0.717) is 12.5 Å². The third-order valence-electron chi connectivity index (χ3n) is 3.78. The van der Waals surface area contributed by atoms with Crippen LogP contribution in [0.5, 0.6) is 0 Å². The zero-order valence-electron chi connectivity index (χ0n) is 9.64. The molecule has 0 atom stereocenters. The van der Waals surface area contributed by atoms with Gasteiger partial charge in [0.1, 0.15) is 0 Å². The van der Waals surface area contributed by atoms with Crippen LogP contribution in [0.25, 0.3) is 0 Å². The number of carbonyl (C=O) groups is 1. The van der Waals surface area contributed by atoms with E-state index in [-0.39, 0.29) is 11.4 Å². The van der Waals surface area contributed by atoms with Crippen molar-refractivity contribution in [2.24, 2.45) is 0 Å². The summed E-state index contributed by atoms with van der Waals surface area (Å²) in [5.41, 5.74) is 0.0945. The fraction of sp³-hybridized carbons (Fsp3) is 0.917. The molecule has 2 fully saturated rings. The van der Waals surface area contributed by atoms with Crippen LogP contribution in [0.15, 0.2) is 0 Å². The zero-order chi connectivity index (χ0) is 10.7. The normalized spacial score (nSPS) is 24.9. The second-order valence-corrected chi connectivity index (χ2v) is 5.11. The molecule has 2 saturated carbocycles. The minimum Gasteiger partial charge on any atom is -0.353 e. The molecule has 2 rings (SSSR count). The van der Waals surface area contributed by atoms with Gasteiger partial charge in [-0.15, -0.1) is 0 Å². The second-order valence-electron chi connectivity index (χ2n) is 5.11. The topological polar surface area (TPSA) is 41.1 Å². The number of amides is 1. The molecule has 15 heavy (non-hydrogen) atoms. The Morgan fingerprint density at radius 2 is 1.93 bits per heavy atom.